The number of aromatic nitrogens is 3. The molecule has 0 saturated heterocycles. The molecule has 1 aliphatic rings. The molecule has 2 amide bonds. The summed E-state index contributed by atoms with van der Waals surface area (Å²) in [4.78, 5) is 28.6. The molecule has 2 aromatic heterocycles. The summed E-state index contributed by atoms with van der Waals surface area (Å²) in [6.07, 6.45) is 5.68. The molecule has 4 rings (SSSR count). The van der Waals surface area contributed by atoms with Crippen LogP contribution in [0.5, 0.6) is 11.6 Å². The van der Waals surface area contributed by atoms with E-state index in [0.29, 0.717) is 23.7 Å². The van der Waals surface area contributed by atoms with Crippen molar-refractivity contribution in [2.75, 3.05) is 5.32 Å². The lowest BCUT2D eigenvalue weighted by molar-refractivity contribution is -0.136. The molecule has 0 aliphatic heterocycles. The van der Waals surface area contributed by atoms with Gasteiger partial charge in [-0.25, -0.2) is 4.98 Å². The predicted octanol–water partition coefficient (Wildman–Crippen LogP) is 2.21. The van der Waals surface area contributed by atoms with E-state index in [1.165, 1.54) is 5.56 Å². The minimum atomic E-state index is -0.717. The lowest BCUT2D eigenvalue weighted by Crippen LogP contribution is -2.44. The molecule has 142 valence electrons. The summed E-state index contributed by atoms with van der Waals surface area (Å²) < 4.78 is 5.64. The number of carbonyl (C=O) groups is 2. The van der Waals surface area contributed by atoms with Crippen molar-refractivity contribution in [3.8, 4) is 11.6 Å². The lowest BCUT2D eigenvalue weighted by Gasteiger charge is -2.22. The van der Waals surface area contributed by atoms with Gasteiger partial charge in [-0.05, 0) is 36.6 Å². The summed E-state index contributed by atoms with van der Waals surface area (Å²) in [6.45, 7) is 0. The highest BCUT2D eigenvalue weighted by Gasteiger charge is 2.24. The van der Waals surface area contributed by atoms with Gasteiger partial charge in [0.1, 0.15) is 5.75 Å². The third kappa shape index (κ3) is 4.17. The highest BCUT2D eigenvalue weighted by atomic mass is 16.5. The standard InChI is InChI=1S/C20H19N5O3/c26-19(20(27)24-15-8-7-13-12-22-25-17(13)11-15)23-14-4-3-5-16(10-14)28-18-6-1-2-9-21-18/h1-6,9-10,12,15H,7-8,11H2,(H,22,25)(H,23,26)(H,24,27)/t15-/m1/s1. The van der Waals surface area contributed by atoms with Gasteiger partial charge >= 0.3 is 11.8 Å². The maximum Gasteiger partial charge on any atom is 0.313 e. The van der Waals surface area contributed by atoms with Crippen molar-refractivity contribution in [1.29, 1.82) is 0 Å². The monoisotopic (exact) mass is 377 g/mol. The van der Waals surface area contributed by atoms with E-state index < -0.39 is 11.8 Å². The van der Waals surface area contributed by atoms with Crippen molar-refractivity contribution in [3.63, 3.8) is 0 Å². The molecule has 8 heteroatoms. The number of carbonyl (C=O) groups excluding carboxylic acids is 2. The summed E-state index contributed by atoms with van der Waals surface area (Å²) >= 11 is 0. The quantitative estimate of drug-likeness (QED) is 0.604. The SMILES string of the molecule is O=C(Nc1cccc(Oc2ccccn2)c1)C(=O)N[C@@H]1CCc2cn[nH]c2C1. The molecule has 3 aromatic rings. The van der Waals surface area contributed by atoms with Gasteiger partial charge in [0.25, 0.3) is 0 Å². The Morgan fingerprint density at radius 3 is 2.93 bits per heavy atom. The summed E-state index contributed by atoms with van der Waals surface area (Å²) in [6, 6.07) is 12.0. The molecule has 0 spiro atoms. The van der Waals surface area contributed by atoms with E-state index in [-0.39, 0.29) is 6.04 Å². The Labute approximate surface area is 161 Å². The number of ether oxygens (including phenoxy) is 1. The number of hydrogen-bond acceptors (Lipinski definition) is 5. The van der Waals surface area contributed by atoms with E-state index in [0.717, 1.165) is 18.5 Å². The summed E-state index contributed by atoms with van der Waals surface area (Å²) in [7, 11) is 0. The summed E-state index contributed by atoms with van der Waals surface area (Å²) in [5.41, 5.74) is 2.64. The second-order valence-corrected chi connectivity index (χ2v) is 6.54. The first-order valence-electron chi connectivity index (χ1n) is 8.99. The molecule has 2 heterocycles. The van der Waals surface area contributed by atoms with Crippen LogP contribution in [0.15, 0.2) is 54.9 Å². The number of pyridine rings is 1. The highest BCUT2D eigenvalue weighted by molar-refractivity contribution is 6.39. The molecule has 0 bridgehead atoms. The number of amides is 2. The highest BCUT2D eigenvalue weighted by Crippen LogP contribution is 2.22. The van der Waals surface area contributed by atoms with Crippen LogP contribution in [0, 0.1) is 0 Å². The smallest absolute Gasteiger partial charge is 0.313 e. The van der Waals surface area contributed by atoms with Gasteiger partial charge in [0.05, 0.1) is 6.20 Å². The van der Waals surface area contributed by atoms with Crippen molar-refractivity contribution < 1.29 is 14.3 Å². The van der Waals surface area contributed by atoms with Gasteiger partial charge in [0, 0.05) is 42.2 Å². The first-order valence-corrected chi connectivity index (χ1v) is 8.99. The number of nitrogens with one attached hydrogen (secondary N) is 3. The summed E-state index contributed by atoms with van der Waals surface area (Å²) in [5, 5.41) is 12.3. The van der Waals surface area contributed by atoms with Gasteiger partial charge < -0.3 is 15.4 Å². The van der Waals surface area contributed by atoms with E-state index in [1.54, 1.807) is 48.8 Å². The Balaban J connectivity index is 1.34. The number of rotatable bonds is 4. The fourth-order valence-electron chi connectivity index (χ4n) is 3.14. The second-order valence-electron chi connectivity index (χ2n) is 6.54. The number of nitrogens with zero attached hydrogens (tertiary/aromatic N) is 2. The molecular weight excluding hydrogens is 358 g/mol. The molecule has 0 fully saturated rings. The molecule has 0 saturated carbocycles. The molecule has 0 unspecified atom stereocenters. The Morgan fingerprint density at radius 1 is 1.14 bits per heavy atom. The second kappa shape index (κ2) is 7.91. The number of H-pyrrole nitrogens is 1. The first-order chi connectivity index (χ1) is 13.7. The van der Waals surface area contributed by atoms with Crippen molar-refractivity contribution in [2.24, 2.45) is 0 Å². The minimum absolute atomic E-state index is 0.0926. The molecule has 3 N–H and O–H groups in total. The van der Waals surface area contributed by atoms with Crippen LogP contribution in [-0.4, -0.2) is 33.0 Å². The maximum absolute atomic E-state index is 12.3. The van der Waals surface area contributed by atoms with Crippen LogP contribution in [0.25, 0.3) is 0 Å². The number of aromatic amines is 1. The van der Waals surface area contributed by atoms with E-state index in [9.17, 15) is 9.59 Å². The van der Waals surface area contributed by atoms with Crippen LogP contribution in [-0.2, 0) is 22.4 Å². The van der Waals surface area contributed by atoms with Crippen molar-refractivity contribution in [3.05, 3.63) is 66.1 Å². The maximum atomic E-state index is 12.3. The molecule has 28 heavy (non-hydrogen) atoms. The van der Waals surface area contributed by atoms with Gasteiger partial charge in [0.15, 0.2) is 0 Å². The molecule has 1 aliphatic carbocycles. The lowest BCUT2D eigenvalue weighted by atomic mass is 9.94. The van der Waals surface area contributed by atoms with Crippen LogP contribution < -0.4 is 15.4 Å². The molecular formula is C20H19N5O3. The number of hydrogen-bond donors (Lipinski definition) is 3. The third-order valence-corrected chi connectivity index (χ3v) is 4.51. The zero-order chi connectivity index (χ0) is 19.3. The van der Waals surface area contributed by atoms with Crippen molar-refractivity contribution in [1.82, 2.24) is 20.5 Å². The number of aryl methyl sites for hydroxylation is 1. The topological polar surface area (TPSA) is 109 Å². The van der Waals surface area contributed by atoms with Gasteiger partial charge in [-0.2, -0.15) is 5.10 Å². The Kier molecular flexibility index (Phi) is 5.01. The van der Waals surface area contributed by atoms with Gasteiger partial charge in [0.2, 0.25) is 5.88 Å². The minimum Gasteiger partial charge on any atom is -0.439 e. The Hall–Kier alpha value is -3.68. The molecule has 1 atom stereocenters. The van der Waals surface area contributed by atoms with E-state index in [1.807, 2.05) is 6.07 Å². The van der Waals surface area contributed by atoms with Crippen LogP contribution >= 0.6 is 0 Å². The molecule has 1 aromatic carbocycles. The van der Waals surface area contributed by atoms with Gasteiger partial charge in [-0.15, -0.1) is 0 Å². The number of anilines is 1. The predicted molar refractivity (Wildman–Crippen MR) is 102 cm³/mol. The van der Waals surface area contributed by atoms with Crippen LogP contribution in [0.4, 0.5) is 5.69 Å². The van der Waals surface area contributed by atoms with Crippen LogP contribution in [0.2, 0.25) is 0 Å². The molecule has 8 nitrogen and oxygen atoms in total. The zero-order valence-electron chi connectivity index (χ0n) is 15.0. The van der Waals surface area contributed by atoms with E-state index in [4.69, 9.17) is 4.74 Å². The van der Waals surface area contributed by atoms with Crippen LogP contribution in [0.3, 0.4) is 0 Å². The van der Waals surface area contributed by atoms with E-state index >= 15 is 0 Å². The largest absolute Gasteiger partial charge is 0.439 e. The Morgan fingerprint density at radius 2 is 2.07 bits per heavy atom. The number of benzene rings is 1. The first kappa shape index (κ1) is 17.7. The van der Waals surface area contributed by atoms with Crippen molar-refractivity contribution in [2.45, 2.75) is 25.3 Å². The fraction of sp³-hybridized carbons (Fsp3) is 0.200. The van der Waals surface area contributed by atoms with E-state index in [2.05, 4.69) is 25.8 Å². The van der Waals surface area contributed by atoms with Gasteiger partial charge in [-0.3, -0.25) is 14.7 Å². The fourth-order valence-corrected chi connectivity index (χ4v) is 3.14. The summed E-state index contributed by atoms with van der Waals surface area (Å²) in [5.74, 6) is -0.426. The van der Waals surface area contributed by atoms with Crippen LogP contribution in [0.1, 0.15) is 17.7 Å². The normalized spacial score (nSPS) is 15.4. The average molecular weight is 377 g/mol. The third-order valence-electron chi connectivity index (χ3n) is 4.51. The van der Waals surface area contributed by atoms with Crippen molar-refractivity contribution >= 4 is 17.5 Å². The molecule has 0 radical (unpaired) electrons. The zero-order valence-corrected chi connectivity index (χ0v) is 15.0. The Bertz CT molecular complexity index is 986. The van der Waals surface area contributed by atoms with Gasteiger partial charge in [-0.1, -0.05) is 12.1 Å². The average Bonchev–Trinajstić information content (AvgIpc) is 3.17. The number of fused-ring (bicyclic) bond motifs is 1.